The van der Waals surface area contributed by atoms with Gasteiger partial charge in [0.15, 0.2) is 11.0 Å². The highest BCUT2D eigenvalue weighted by Crippen LogP contribution is 2.32. The number of nitro groups is 1. The van der Waals surface area contributed by atoms with Gasteiger partial charge in [-0.25, -0.2) is 17.5 Å². The number of non-ortho nitro benzene ring substituents is 1. The van der Waals surface area contributed by atoms with E-state index in [0.29, 0.717) is 27.4 Å². The number of thioether (sulfide) groups is 1. The zero-order valence-corrected chi connectivity index (χ0v) is 25.1. The van der Waals surface area contributed by atoms with Crippen LogP contribution in [0.15, 0.2) is 107 Å². The number of aryl methyl sites for hydroxylation is 1. The van der Waals surface area contributed by atoms with Crippen molar-refractivity contribution in [3.63, 3.8) is 0 Å². The van der Waals surface area contributed by atoms with E-state index in [1.54, 1.807) is 28.8 Å². The second-order valence-electron chi connectivity index (χ2n) is 9.64. The van der Waals surface area contributed by atoms with Gasteiger partial charge in [0.25, 0.3) is 5.69 Å². The van der Waals surface area contributed by atoms with E-state index in [1.165, 1.54) is 36.0 Å². The van der Waals surface area contributed by atoms with Gasteiger partial charge in [-0.05, 0) is 66.4 Å². The quantitative estimate of drug-likeness (QED) is 0.0957. The Morgan fingerprint density at radius 3 is 2.35 bits per heavy atom. The molecule has 43 heavy (non-hydrogen) atoms. The lowest BCUT2D eigenvalue weighted by Gasteiger charge is -2.21. The molecule has 4 aromatic carbocycles. The Morgan fingerprint density at radius 2 is 1.67 bits per heavy atom. The second kappa shape index (κ2) is 13.0. The van der Waals surface area contributed by atoms with Gasteiger partial charge in [0.1, 0.15) is 5.82 Å². The van der Waals surface area contributed by atoms with E-state index in [1.807, 2.05) is 43.3 Å². The standard InChI is InChI=1S/C30H25ClFN5O4S2/c1-20-7-10-23(31)18-28(20)36-29(33-34-30(36)42-19-22-8-11-24(32)12-9-22)27(17-21-5-3-2-4-6-21)35-43(40,41)26-15-13-25(14-16-26)37(38)39/h2-16,18,27,35H,17,19H2,1H3. The molecule has 1 unspecified atom stereocenters. The SMILES string of the molecule is Cc1ccc(Cl)cc1-n1c(SCc2ccc(F)cc2)nnc1C(Cc1ccccc1)NS(=O)(=O)c1ccc([N+](=O)[O-])cc1. The molecule has 0 saturated heterocycles. The third-order valence-corrected chi connectivity index (χ3v) is 9.32. The Morgan fingerprint density at radius 1 is 0.977 bits per heavy atom. The van der Waals surface area contributed by atoms with Gasteiger partial charge < -0.3 is 0 Å². The monoisotopic (exact) mass is 637 g/mol. The van der Waals surface area contributed by atoms with E-state index in [0.717, 1.165) is 28.8 Å². The van der Waals surface area contributed by atoms with Gasteiger partial charge in [-0.3, -0.25) is 14.7 Å². The lowest BCUT2D eigenvalue weighted by Crippen LogP contribution is -2.32. The van der Waals surface area contributed by atoms with Gasteiger partial charge in [0.05, 0.1) is 21.5 Å². The van der Waals surface area contributed by atoms with Crippen molar-refractivity contribution in [1.29, 1.82) is 0 Å². The van der Waals surface area contributed by atoms with Crippen molar-refractivity contribution in [2.75, 3.05) is 0 Å². The maximum Gasteiger partial charge on any atom is 0.269 e. The number of halogens is 2. The molecule has 0 aliphatic heterocycles. The molecular weight excluding hydrogens is 613 g/mol. The van der Waals surface area contributed by atoms with Crippen LogP contribution >= 0.6 is 23.4 Å². The first-order valence-electron chi connectivity index (χ1n) is 13.0. The summed E-state index contributed by atoms with van der Waals surface area (Å²) in [6, 6.07) is 24.6. The van der Waals surface area contributed by atoms with Gasteiger partial charge in [0.2, 0.25) is 10.0 Å². The van der Waals surface area contributed by atoms with Gasteiger partial charge in [0, 0.05) is 22.9 Å². The number of nitrogens with zero attached hydrogens (tertiary/aromatic N) is 4. The minimum absolute atomic E-state index is 0.132. The molecular formula is C30H25ClFN5O4S2. The van der Waals surface area contributed by atoms with E-state index in [4.69, 9.17) is 11.6 Å². The van der Waals surface area contributed by atoms with Crippen LogP contribution in [0.25, 0.3) is 5.69 Å². The molecule has 1 N–H and O–H groups in total. The van der Waals surface area contributed by atoms with E-state index >= 15 is 0 Å². The molecule has 0 spiro atoms. The average molecular weight is 638 g/mol. The Kier molecular flexibility index (Phi) is 9.21. The lowest BCUT2D eigenvalue weighted by molar-refractivity contribution is -0.384. The third kappa shape index (κ3) is 7.28. The molecule has 0 bridgehead atoms. The highest BCUT2D eigenvalue weighted by atomic mass is 35.5. The molecule has 1 atom stereocenters. The normalized spacial score (nSPS) is 12.3. The first kappa shape index (κ1) is 30.4. The van der Waals surface area contributed by atoms with Crippen molar-refractivity contribution in [2.45, 2.75) is 35.2 Å². The first-order chi connectivity index (χ1) is 20.6. The Balaban J connectivity index is 1.59. The van der Waals surface area contributed by atoms with Gasteiger partial charge >= 0.3 is 0 Å². The third-order valence-electron chi connectivity index (χ3n) is 6.60. The zero-order chi connectivity index (χ0) is 30.6. The van der Waals surface area contributed by atoms with Gasteiger partial charge in [-0.1, -0.05) is 71.9 Å². The number of sulfonamides is 1. The molecule has 1 heterocycles. The summed E-state index contributed by atoms with van der Waals surface area (Å²) in [6.07, 6.45) is 0.230. The number of rotatable bonds is 11. The predicted octanol–water partition coefficient (Wildman–Crippen LogP) is 6.83. The summed E-state index contributed by atoms with van der Waals surface area (Å²) in [4.78, 5) is 10.4. The smallest absolute Gasteiger partial charge is 0.269 e. The number of hydrogen-bond donors (Lipinski definition) is 1. The van der Waals surface area contributed by atoms with Crippen LogP contribution in [0.2, 0.25) is 5.02 Å². The summed E-state index contributed by atoms with van der Waals surface area (Å²) in [7, 11) is -4.16. The summed E-state index contributed by atoms with van der Waals surface area (Å²) in [5.41, 5.74) is 3.01. The van der Waals surface area contributed by atoms with Crippen LogP contribution in [0, 0.1) is 22.9 Å². The predicted molar refractivity (Wildman–Crippen MR) is 163 cm³/mol. The van der Waals surface area contributed by atoms with Crippen LogP contribution in [-0.4, -0.2) is 28.1 Å². The fourth-order valence-electron chi connectivity index (χ4n) is 4.42. The number of aromatic nitrogens is 3. The average Bonchev–Trinajstić information content (AvgIpc) is 3.42. The van der Waals surface area contributed by atoms with E-state index in [-0.39, 0.29) is 22.8 Å². The topological polar surface area (TPSA) is 120 Å². The molecule has 0 aliphatic rings. The van der Waals surface area contributed by atoms with Crippen LogP contribution in [-0.2, 0) is 22.2 Å². The summed E-state index contributed by atoms with van der Waals surface area (Å²) in [5.74, 6) is 0.440. The molecule has 220 valence electrons. The summed E-state index contributed by atoms with van der Waals surface area (Å²) >= 11 is 7.76. The van der Waals surface area contributed by atoms with Crippen LogP contribution in [0.3, 0.4) is 0 Å². The Hall–Kier alpha value is -4.10. The molecule has 5 aromatic rings. The van der Waals surface area contributed by atoms with Crippen molar-refractivity contribution in [1.82, 2.24) is 19.5 Å². The van der Waals surface area contributed by atoms with Crippen LogP contribution < -0.4 is 4.72 Å². The number of hydrogen-bond acceptors (Lipinski definition) is 7. The van der Waals surface area contributed by atoms with Crippen LogP contribution in [0.5, 0.6) is 0 Å². The van der Waals surface area contributed by atoms with Crippen molar-refractivity contribution >= 4 is 39.1 Å². The molecule has 0 amide bonds. The minimum atomic E-state index is -4.16. The molecule has 13 heteroatoms. The van der Waals surface area contributed by atoms with Crippen molar-refractivity contribution in [2.24, 2.45) is 0 Å². The molecule has 0 aliphatic carbocycles. The summed E-state index contributed by atoms with van der Waals surface area (Å²) in [5, 5.41) is 21.0. The number of nitro benzene ring substituents is 1. The first-order valence-corrected chi connectivity index (χ1v) is 15.9. The van der Waals surface area contributed by atoms with Crippen molar-refractivity contribution < 1.29 is 17.7 Å². The molecule has 0 saturated carbocycles. The van der Waals surface area contributed by atoms with Crippen LogP contribution in [0.4, 0.5) is 10.1 Å². The fourth-order valence-corrected chi connectivity index (χ4v) is 6.68. The molecule has 9 nitrogen and oxygen atoms in total. The molecule has 0 radical (unpaired) electrons. The molecule has 1 aromatic heterocycles. The van der Waals surface area contributed by atoms with E-state index < -0.39 is 21.0 Å². The fraction of sp³-hybridized carbons (Fsp3) is 0.133. The number of nitrogens with one attached hydrogen (secondary N) is 1. The van der Waals surface area contributed by atoms with Crippen molar-refractivity contribution in [3.05, 3.63) is 141 Å². The summed E-state index contributed by atoms with van der Waals surface area (Å²) < 4.78 is 45.2. The minimum Gasteiger partial charge on any atom is -0.272 e. The Bertz CT molecular complexity index is 1850. The number of benzene rings is 4. The lowest BCUT2D eigenvalue weighted by atomic mass is 10.1. The Labute approximate surface area is 257 Å². The van der Waals surface area contributed by atoms with Gasteiger partial charge in [-0.15, -0.1) is 10.2 Å². The maximum atomic E-state index is 13.6. The molecule has 0 fully saturated rings. The summed E-state index contributed by atoms with van der Waals surface area (Å²) in [6.45, 7) is 1.90. The zero-order valence-electron chi connectivity index (χ0n) is 22.7. The van der Waals surface area contributed by atoms with E-state index in [9.17, 15) is 22.9 Å². The van der Waals surface area contributed by atoms with Crippen molar-refractivity contribution in [3.8, 4) is 5.69 Å². The largest absolute Gasteiger partial charge is 0.272 e. The highest BCUT2D eigenvalue weighted by molar-refractivity contribution is 7.98. The van der Waals surface area contributed by atoms with Gasteiger partial charge in [-0.2, -0.15) is 0 Å². The maximum absolute atomic E-state index is 13.6. The van der Waals surface area contributed by atoms with Crippen LogP contribution in [0.1, 0.15) is 28.6 Å². The molecule has 5 rings (SSSR count). The second-order valence-corrected chi connectivity index (χ2v) is 12.7. The van der Waals surface area contributed by atoms with E-state index in [2.05, 4.69) is 14.9 Å². The highest BCUT2D eigenvalue weighted by Gasteiger charge is 2.29.